The fraction of sp³-hybridized carbons (Fsp3) is 0.467. The fourth-order valence-corrected chi connectivity index (χ4v) is 2.48. The quantitative estimate of drug-likeness (QED) is 0.734. The van der Waals surface area contributed by atoms with Crippen molar-refractivity contribution in [2.24, 2.45) is 0 Å². The maximum absolute atomic E-state index is 3.40. The van der Waals surface area contributed by atoms with Crippen LogP contribution in [-0.4, -0.2) is 23.5 Å². The van der Waals surface area contributed by atoms with Crippen molar-refractivity contribution in [2.45, 2.75) is 33.7 Å². The number of nitrogens with zero attached hydrogens (tertiary/aromatic N) is 1. The Morgan fingerprint density at radius 2 is 1.88 bits per heavy atom. The Balaban J connectivity index is 0.000000514. The summed E-state index contributed by atoms with van der Waals surface area (Å²) in [6, 6.07) is 6.89. The second-order valence-corrected chi connectivity index (χ2v) is 4.65. The van der Waals surface area contributed by atoms with Gasteiger partial charge in [-0.25, -0.2) is 0 Å². The summed E-state index contributed by atoms with van der Waals surface area (Å²) in [7, 11) is 2.19. The van der Waals surface area contributed by atoms with Crippen molar-refractivity contribution < 1.29 is 0 Å². The molecule has 0 fully saturated rings. The normalized spacial score (nSPS) is 15.3. The molecule has 1 aromatic carbocycles. The zero-order valence-corrected chi connectivity index (χ0v) is 11.3. The Morgan fingerprint density at radius 3 is 2.65 bits per heavy atom. The van der Waals surface area contributed by atoms with Crippen LogP contribution in [0.4, 0.5) is 0 Å². The van der Waals surface area contributed by atoms with Gasteiger partial charge >= 0.3 is 0 Å². The van der Waals surface area contributed by atoms with Crippen LogP contribution in [0.25, 0.3) is 10.9 Å². The molecule has 0 amide bonds. The number of likely N-dealkylation sites (N-methyl/N-ethyl adjacent to an activating group) is 1. The number of aryl methyl sites for hydroxylation is 1. The van der Waals surface area contributed by atoms with E-state index in [4.69, 9.17) is 0 Å². The van der Waals surface area contributed by atoms with Crippen LogP contribution in [-0.2, 0) is 13.0 Å². The molecule has 1 N–H and O–H groups in total. The van der Waals surface area contributed by atoms with Crippen LogP contribution in [0.2, 0.25) is 0 Å². The van der Waals surface area contributed by atoms with E-state index in [9.17, 15) is 0 Å². The third-order valence-corrected chi connectivity index (χ3v) is 3.28. The molecule has 1 aliphatic heterocycles. The van der Waals surface area contributed by atoms with Crippen LogP contribution in [0.5, 0.6) is 0 Å². The van der Waals surface area contributed by atoms with Crippen molar-refractivity contribution in [3.8, 4) is 0 Å². The molecule has 1 aliphatic rings. The predicted molar refractivity (Wildman–Crippen MR) is 74.4 cm³/mol. The Kier molecular flexibility index (Phi) is 3.53. The minimum absolute atomic E-state index is 1.09. The van der Waals surface area contributed by atoms with E-state index < -0.39 is 0 Å². The average molecular weight is 230 g/mol. The second-order valence-electron chi connectivity index (χ2n) is 4.65. The zero-order valence-electron chi connectivity index (χ0n) is 11.3. The van der Waals surface area contributed by atoms with E-state index in [-0.39, 0.29) is 0 Å². The van der Waals surface area contributed by atoms with Crippen LogP contribution in [0.3, 0.4) is 0 Å². The lowest BCUT2D eigenvalue weighted by Crippen LogP contribution is -2.26. The maximum atomic E-state index is 3.40. The Labute approximate surface area is 104 Å². The molecule has 92 valence electrons. The topological polar surface area (TPSA) is 19.0 Å². The van der Waals surface area contributed by atoms with Gasteiger partial charge in [-0.15, -0.1) is 0 Å². The summed E-state index contributed by atoms with van der Waals surface area (Å²) >= 11 is 0. The number of nitrogens with one attached hydrogen (secondary N) is 1. The summed E-state index contributed by atoms with van der Waals surface area (Å²) in [5.41, 5.74) is 5.54. The second kappa shape index (κ2) is 4.92. The van der Waals surface area contributed by atoms with Crippen LogP contribution < -0.4 is 0 Å². The van der Waals surface area contributed by atoms with Gasteiger partial charge in [-0.05, 0) is 55.1 Å². The molecular formula is C15H22N2. The number of aromatic amines is 1. The molecule has 0 aliphatic carbocycles. The molecule has 17 heavy (non-hydrogen) atoms. The zero-order chi connectivity index (χ0) is 12.4. The summed E-state index contributed by atoms with van der Waals surface area (Å²) in [5, 5.41) is 1.36. The Hall–Kier alpha value is -1.28. The van der Waals surface area contributed by atoms with Gasteiger partial charge in [0.1, 0.15) is 0 Å². The van der Waals surface area contributed by atoms with E-state index >= 15 is 0 Å². The number of rotatable bonds is 0. The van der Waals surface area contributed by atoms with Gasteiger partial charge < -0.3 is 9.88 Å². The van der Waals surface area contributed by atoms with Gasteiger partial charge in [0, 0.05) is 24.3 Å². The monoisotopic (exact) mass is 230 g/mol. The Morgan fingerprint density at radius 1 is 1.12 bits per heavy atom. The number of fused-ring (bicyclic) bond motifs is 2. The summed E-state index contributed by atoms with van der Waals surface area (Å²) in [6.45, 7) is 8.39. The molecule has 0 radical (unpaired) electrons. The van der Waals surface area contributed by atoms with Crippen LogP contribution in [0.15, 0.2) is 18.2 Å². The lowest BCUT2D eigenvalue weighted by atomic mass is 9.98. The van der Waals surface area contributed by atoms with E-state index in [1.165, 1.54) is 40.7 Å². The first kappa shape index (κ1) is 12.2. The lowest BCUT2D eigenvalue weighted by molar-refractivity contribution is 0.313. The van der Waals surface area contributed by atoms with Crippen molar-refractivity contribution in [3.05, 3.63) is 35.0 Å². The number of hydrogen-bond donors (Lipinski definition) is 1. The van der Waals surface area contributed by atoms with Crippen molar-refractivity contribution in [2.75, 3.05) is 13.6 Å². The predicted octanol–water partition coefficient (Wildman–Crippen LogP) is 3.49. The molecule has 2 aromatic rings. The van der Waals surface area contributed by atoms with Crippen LogP contribution in [0.1, 0.15) is 30.7 Å². The number of aromatic nitrogens is 1. The first-order chi connectivity index (χ1) is 8.22. The molecule has 1 aromatic heterocycles. The van der Waals surface area contributed by atoms with Crippen LogP contribution in [0, 0.1) is 6.92 Å². The first-order valence-electron chi connectivity index (χ1n) is 6.52. The number of benzene rings is 1. The minimum Gasteiger partial charge on any atom is -0.359 e. The average Bonchev–Trinajstić information content (AvgIpc) is 2.68. The summed E-state index contributed by atoms with van der Waals surface area (Å²) in [6.07, 6.45) is 1.19. The summed E-state index contributed by atoms with van der Waals surface area (Å²) in [5.74, 6) is 0. The maximum Gasteiger partial charge on any atom is 0.0459 e. The van der Waals surface area contributed by atoms with Crippen molar-refractivity contribution in [1.29, 1.82) is 0 Å². The van der Waals surface area contributed by atoms with Gasteiger partial charge in [0.25, 0.3) is 0 Å². The van der Waals surface area contributed by atoms with Gasteiger partial charge in [-0.3, -0.25) is 0 Å². The van der Waals surface area contributed by atoms with E-state index in [1.807, 2.05) is 13.8 Å². The molecule has 3 rings (SSSR count). The number of hydrogen-bond acceptors (Lipinski definition) is 1. The van der Waals surface area contributed by atoms with Crippen molar-refractivity contribution in [1.82, 2.24) is 9.88 Å². The van der Waals surface area contributed by atoms with Crippen molar-refractivity contribution in [3.63, 3.8) is 0 Å². The Bertz CT molecular complexity index is 511. The molecule has 0 bridgehead atoms. The molecule has 2 heteroatoms. The molecule has 0 saturated heterocycles. The summed E-state index contributed by atoms with van der Waals surface area (Å²) in [4.78, 5) is 5.78. The molecule has 0 saturated carbocycles. The highest BCUT2D eigenvalue weighted by atomic mass is 15.1. The fourth-order valence-electron chi connectivity index (χ4n) is 2.48. The molecule has 0 spiro atoms. The third kappa shape index (κ3) is 2.37. The molecular weight excluding hydrogens is 208 g/mol. The van der Waals surface area contributed by atoms with Gasteiger partial charge in [-0.1, -0.05) is 13.8 Å². The van der Waals surface area contributed by atoms with E-state index in [1.54, 1.807) is 0 Å². The standard InChI is InChI=1S/C13H16N2.C2H6/c1-9-5-11-6-10-3-4-15(2)8-12(10)7-13(11)14-9;1-2/h5-7,14H,3-4,8H2,1-2H3;1-2H3. The van der Waals surface area contributed by atoms with Gasteiger partial charge in [0.2, 0.25) is 0 Å². The van der Waals surface area contributed by atoms with E-state index in [2.05, 4.69) is 42.1 Å². The largest absolute Gasteiger partial charge is 0.359 e. The highest BCUT2D eigenvalue weighted by Crippen LogP contribution is 2.24. The molecule has 0 atom stereocenters. The van der Waals surface area contributed by atoms with Gasteiger partial charge in [0.05, 0.1) is 0 Å². The van der Waals surface area contributed by atoms with E-state index in [0.717, 1.165) is 6.54 Å². The van der Waals surface area contributed by atoms with Gasteiger partial charge in [-0.2, -0.15) is 0 Å². The number of H-pyrrole nitrogens is 1. The third-order valence-electron chi connectivity index (χ3n) is 3.28. The SMILES string of the molecule is CC.Cc1cc2cc3c(cc2[nH]1)CN(C)CC3. The first-order valence-corrected chi connectivity index (χ1v) is 6.52. The molecule has 0 unspecified atom stereocenters. The van der Waals surface area contributed by atoms with Gasteiger partial charge in [0.15, 0.2) is 0 Å². The van der Waals surface area contributed by atoms with Crippen LogP contribution >= 0.6 is 0 Å². The smallest absolute Gasteiger partial charge is 0.0459 e. The summed E-state index contributed by atoms with van der Waals surface area (Å²) < 4.78 is 0. The molecule has 2 heterocycles. The minimum atomic E-state index is 1.09. The lowest BCUT2D eigenvalue weighted by Gasteiger charge is -2.24. The highest BCUT2D eigenvalue weighted by molar-refractivity contribution is 5.82. The van der Waals surface area contributed by atoms with Crippen molar-refractivity contribution >= 4 is 10.9 Å². The highest BCUT2D eigenvalue weighted by Gasteiger charge is 2.14. The molecule has 2 nitrogen and oxygen atoms in total. The van der Waals surface area contributed by atoms with E-state index in [0.29, 0.717) is 0 Å².